The third kappa shape index (κ3) is 1.98. The van der Waals surface area contributed by atoms with E-state index in [1.165, 1.54) is 13.8 Å². The third-order valence-corrected chi connectivity index (χ3v) is 2.67. The smallest absolute Gasteiger partial charge is 0.165 e. The van der Waals surface area contributed by atoms with E-state index in [0.717, 1.165) is 0 Å². The van der Waals surface area contributed by atoms with Gasteiger partial charge in [0, 0.05) is 11.6 Å². The van der Waals surface area contributed by atoms with E-state index >= 15 is 0 Å². The van der Waals surface area contributed by atoms with Crippen LogP contribution in [0.15, 0.2) is 6.07 Å². The van der Waals surface area contributed by atoms with E-state index in [-0.39, 0.29) is 6.07 Å². The fourth-order valence-electron chi connectivity index (χ4n) is 1.34. The van der Waals surface area contributed by atoms with Gasteiger partial charge in [-0.1, -0.05) is 20.8 Å². The van der Waals surface area contributed by atoms with Crippen molar-refractivity contribution >= 4 is 0 Å². The summed E-state index contributed by atoms with van der Waals surface area (Å²) in [5.41, 5.74) is -1.46. The molecular weight excluding hydrogens is 208 g/mol. The zero-order valence-electron chi connectivity index (χ0n) is 8.80. The number of benzene rings is 1. The van der Waals surface area contributed by atoms with Gasteiger partial charge < -0.3 is 0 Å². The molecule has 0 aliphatic rings. The monoisotopic (exact) mass is 220 g/mol. The van der Waals surface area contributed by atoms with Gasteiger partial charge >= 0.3 is 0 Å². The highest BCUT2D eigenvalue weighted by Gasteiger charge is 2.30. The van der Waals surface area contributed by atoms with Crippen molar-refractivity contribution in [2.45, 2.75) is 32.6 Å². The molecule has 0 bridgehead atoms. The van der Waals surface area contributed by atoms with Gasteiger partial charge in [0.2, 0.25) is 0 Å². The Balaban J connectivity index is 3.53. The number of halogens is 4. The summed E-state index contributed by atoms with van der Waals surface area (Å²) in [4.78, 5) is 0. The molecule has 0 N–H and O–H groups in total. The molecule has 1 aromatic rings. The van der Waals surface area contributed by atoms with Crippen LogP contribution in [0.5, 0.6) is 0 Å². The van der Waals surface area contributed by atoms with Gasteiger partial charge in [0.05, 0.1) is 0 Å². The van der Waals surface area contributed by atoms with E-state index in [0.29, 0.717) is 6.42 Å². The maximum absolute atomic E-state index is 13.3. The molecule has 0 nitrogen and oxygen atoms in total. The number of hydrogen-bond acceptors (Lipinski definition) is 0. The molecule has 1 rings (SSSR count). The Hall–Kier alpha value is -1.06. The molecule has 0 aromatic heterocycles. The Morgan fingerprint density at radius 1 is 1.00 bits per heavy atom. The molecule has 0 heterocycles. The quantitative estimate of drug-likeness (QED) is 0.523. The molecule has 0 unspecified atom stereocenters. The molecule has 0 amide bonds. The van der Waals surface area contributed by atoms with Crippen LogP contribution in [0.4, 0.5) is 17.6 Å². The molecule has 0 atom stereocenters. The standard InChI is InChI=1S/C11H12F4/c1-4-11(2,3)8-9(14)6(12)5-7(13)10(8)15/h5H,4H2,1-3H3. The van der Waals surface area contributed by atoms with Gasteiger partial charge in [-0.25, -0.2) is 17.6 Å². The van der Waals surface area contributed by atoms with E-state index in [4.69, 9.17) is 0 Å². The van der Waals surface area contributed by atoms with Gasteiger partial charge in [0.25, 0.3) is 0 Å². The molecule has 0 radical (unpaired) electrons. The predicted octanol–water partition coefficient (Wildman–Crippen LogP) is 3.93. The minimum absolute atomic E-state index is 0.222. The van der Waals surface area contributed by atoms with Crippen molar-refractivity contribution < 1.29 is 17.6 Å². The van der Waals surface area contributed by atoms with Crippen LogP contribution in [0.3, 0.4) is 0 Å². The van der Waals surface area contributed by atoms with Gasteiger partial charge in [-0.2, -0.15) is 0 Å². The first-order valence-electron chi connectivity index (χ1n) is 4.64. The number of rotatable bonds is 2. The average molecular weight is 220 g/mol. The Morgan fingerprint density at radius 2 is 1.40 bits per heavy atom. The summed E-state index contributed by atoms with van der Waals surface area (Å²) in [6.45, 7) is 4.77. The molecule has 1 aromatic carbocycles. The van der Waals surface area contributed by atoms with Gasteiger partial charge in [-0.05, 0) is 11.8 Å². The summed E-state index contributed by atoms with van der Waals surface area (Å²) in [7, 11) is 0. The Morgan fingerprint density at radius 3 is 1.73 bits per heavy atom. The summed E-state index contributed by atoms with van der Waals surface area (Å²) in [5, 5.41) is 0. The summed E-state index contributed by atoms with van der Waals surface area (Å²) in [6, 6.07) is 0.222. The Labute approximate surface area is 85.9 Å². The second-order valence-electron chi connectivity index (χ2n) is 4.08. The SMILES string of the molecule is CCC(C)(C)c1c(F)c(F)cc(F)c1F. The maximum atomic E-state index is 13.3. The summed E-state index contributed by atoms with van der Waals surface area (Å²) >= 11 is 0. The van der Waals surface area contributed by atoms with E-state index in [1.54, 1.807) is 6.92 Å². The lowest BCUT2D eigenvalue weighted by molar-refractivity contribution is 0.385. The van der Waals surface area contributed by atoms with Crippen molar-refractivity contribution in [1.29, 1.82) is 0 Å². The molecule has 4 heteroatoms. The second-order valence-corrected chi connectivity index (χ2v) is 4.08. The molecule has 0 saturated carbocycles. The van der Waals surface area contributed by atoms with Crippen LogP contribution < -0.4 is 0 Å². The molecule has 0 aliphatic heterocycles. The summed E-state index contributed by atoms with van der Waals surface area (Å²) in [6.07, 6.45) is 0.379. The first-order valence-corrected chi connectivity index (χ1v) is 4.64. The van der Waals surface area contributed by atoms with Crippen molar-refractivity contribution in [2.24, 2.45) is 0 Å². The Bertz CT molecular complexity index is 356. The van der Waals surface area contributed by atoms with Crippen LogP contribution in [0, 0.1) is 23.3 Å². The highest BCUT2D eigenvalue weighted by molar-refractivity contribution is 5.29. The van der Waals surface area contributed by atoms with Gasteiger partial charge in [-0.3, -0.25) is 0 Å². The van der Waals surface area contributed by atoms with Crippen LogP contribution in [0.25, 0.3) is 0 Å². The van der Waals surface area contributed by atoms with E-state index in [1.807, 2.05) is 0 Å². The first-order chi connectivity index (χ1) is 6.81. The van der Waals surface area contributed by atoms with Crippen molar-refractivity contribution in [2.75, 3.05) is 0 Å². The third-order valence-electron chi connectivity index (χ3n) is 2.67. The molecule has 0 saturated heterocycles. The Kier molecular flexibility index (Phi) is 3.07. The minimum atomic E-state index is -1.36. The van der Waals surface area contributed by atoms with Gasteiger partial charge in [-0.15, -0.1) is 0 Å². The molecule has 84 valence electrons. The topological polar surface area (TPSA) is 0 Å². The highest BCUT2D eigenvalue weighted by atomic mass is 19.2. The van der Waals surface area contributed by atoms with Crippen molar-refractivity contribution in [3.63, 3.8) is 0 Å². The van der Waals surface area contributed by atoms with Crippen molar-refractivity contribution in [3.05, 3.63) is 34.9 Å². The number of hydrogen-bond donors (Lipinski definition) is 0. The average Bonchev–Trinajstić information content (AvgIpc) is 2.15. The summed E-state index contributed by atoms with van der Waals surface area (Å²) in [5.74, 6) is -5.32. The fraction of sp³-hybridized carbons (Fsp3) is 0.455. The second kappa shape index (κ2) is 3.83. The predicted molar refractivity (Wildman–Crippen MR) is 49.6 cm³/mol. The lowest BCUT2D eigenvalue weighted by Crippen LogP contribution is -2.21. The molecule has 0 spiro atoms. The highest BCUT2D eigenvalue weighted by Crippen LogP contribution is 2.33. The van der Waals surface area contributed by atoms with Crippen LogP contribution in [-0.2, 0) is 5.41 Å². The van der Waals surface area contributed by atoms with Crippen molar-refractivity contribution in [3.8, 4) is 0 Å². The first kappa shape index (κ1) is 12.0. The van der Waals surface area contributed by atoms with Gasteiger partial charge in [0.15, 0.2) is 23.3 Å². The molecule has 15 heavy (non-hydrogen) atoms. The minimum Gasteiger partial charge on any atom is -0.204 e. The molecule has 0 fully saturated rings. The van der Waals surface area contributed by atoms with E-state index < -0.39 is 34.2 Å². The summed E-state index contributed by atoms with van der Waals surface area (Å²) < 4.78 is 52.5. The fourth-order valence-corrected chi connectivity index (χ4v) is 1.34. The lowest BCUT2D eigenvalue weighted by atomic mass is 9.81. The normalized spacial score (nSPS) is 11.9. The van der Waals surface area contributed by atoms with Crippen LogP contribution >= 0.6 is 0 Å². The van der Waals surface area contributed by atoms with Crippen LogP contribution in [0.1, 0.15) is 32.8 Å². The van der Waals surface area contributed by atoms with Crippen LogP contribution in [-0.4, -0.2) is 0 Å². The van der Waals surface area contributed by atoms with Gasteiger partial charge in [0.1, 0.15) is 0 Å². The van der Waals surface area contributed by atoms with Crippen molar-refractivity contribution in [1.82, 2.24) is 0 Å². The zero-order chi connectivity index (χ0) is 11.8. The van der Waals surface area contributed by atoms with Crippen LogP contribution in [0.2, 0.25) is 0 Å². The van der Waals surface area contributed by atoms with E-state index in [9.17, 15) is 17.6 Å². The molecular formula is C11H12F4. The lowest BCUT2D eigenvalue weighted by Gasteiger charge is -2.24. The largest absolute Gasteiger partial charge is 0.204 e. The zero-order valence-corrected chi connectivity index (χ0v) is 8.80. The van der Waals surface area contributed by atoms with E-state index in [2.05, 4.69) is 0 Å². The maximum Gasteiger partial charge on any atom is 0.165 e. The molecule has 0 aliphatic carbocycles.